The van der Waals surface area contributed by atoms with Crippen LogP contribution in [0, 0.1) is 0 Å². The van der Waals surface area contributed by atoms with Gasteiger partial charge in [-0.2, -0.15) is 0 Å². The van der Waals surface area contributed by atoms with Crippen LogP contribution in [0.4, 0.5) is 5.82 Å². The van der Waals surface area contributed by atoms with E-state index in [1.807, 2.05) is 13.1 Å². The van der Waals surface area contributed by atoms with Crippen LogP contribution >= 0.6 is 0 Å². The quantitative estimate of drug-likeness (QED) is 0.804. The Hall–Kier alpha value is -1.09. The Balaban J connectivity index is 2.08. The van der Waals surface area contributed by atoms with Crippen LogP contribution in [0.3, 0.4) is 0 Å². The lowest BCUT2D eigenvalue weighted by molar-refractivity contribution is 0.573. The summed E-state index contributed by atoms with van der Waals surface area (Å²) in [5, 5.41) is 0. The number of rotatable bonds is 2. The lowest BCUT2D eigenvalue weighted by Gasteiger charge is -2.27. The second kappa shape index (κ2) is 4.62. The Morgan fingerprint density at radius 3 is 2.53 bits per heavy atom. The molecule has 0 spiro atoms. The van der Waals surface area contributed by atoms with Crippen LogP contribution in [-0.4, -0.2) is 18.1 Å². The Bertz CT molecular complexity index is 299. The monoisotopic (exact) mass is 205 g/mol. The van der Waals surface area contributed by atoms with Gasteiger partial charge in [0, 0.05) is 25.3 Å². The zero-order valence-corrected chi connectivity index (χ0v) is 9.32. The van der Waals surface area contributed by atoms with Crippen molar-refractivity contribution in [1.29, 1.82) is 0 Å². The molecule has 0 amide bonds. The first kappa shape index (κ1) is 10.4. The summed E-state index contributed by atoms with van der Waals surface area (Å²) in [5.41, 5.74) is 6.90. The molecule has 0 radical (unpaired) electrons. The predicted octanol–water partition coefficient (Wildman–Crippen LogP) is 2.09. The lowest BCUT2D eigenvalue weighted by atomic mass is 10.1. The molecule has 2 N–H and O–H groups in total. The van der Waals surface area contributed by atoms with Gasteiger partial charge in [0.2, 0.25) is 0 Å². The number of nitrogens with zero attached hydrogens (tertiary/aromatic N) is 2. The van der Waals surface area contributed by atoms with E-state index in [9.17, 15) is 0 Å². The third-order valence-electron chi connectivity index (χ3n) is 2.98. The summed E-state index contributed by atoms with van der Waals surface area (Å²) >= 11 is 0. The number of anilines is 1. The topological polar surface area (TPSA) is 42.1 Å². The lowest BCUT2D eigenvalue weighted by Crippen LogP contribution is -2.30. The highest BCUT2D eigenvalue weighted by Crippen LogP contribution is 2.18. The van der Waals surface area contributed by atoms with E-state index < -0.39 is 0 Å². The fraction of sp³-hybridized carbons (Fsp3) is 0.583. The maximum atomic E-state index is 5.79. The second-order valence-corrected chi connectivity index (χ2v) is 4.29. The summed E-state index contributed by atoms with van der Waals surface area (Å²) in [5.74, 6) is 1.10. The molecule has 0 aromatic carbocycles. The molecule has 3 heteroatoms. The third-order valence-corrected chi connectivity index (χ3v) is 2.98. The second-order valence-electron chi connectivity index (χ2n) is 4.29. The molecule has 3 nitrogen and oxygen atoms in total. The summed E-state index contributed by atoms with van der Waals surface area (Å²) in [7, 11) is 0. The van der Waals surface area contributed by atoms with Crippen molar-refractivity contribution in [2.45, 2.75) is 32.2 Å². The molecule has 1 fully saturated rings. The minimum Gasteiger partial charge on any atom is -0.357 e. The highest BCUT2D eigenvalue weighted by atomic mass is 15.2. The van der Waals surface area contributed by atoms with Gasteiger partial charge in [-0.05, 0) is 37.8 Å². The largest absolute Gasteiger partial charge is 0.357 e. The molecule has 1 aliphatic rings. The molecule has 2 heterocycles. The Kier molecular flexibility index (Phi) is 3.21. The molecule has 1 unspecified atom stereocenters. The van der Waals surface area contributed by atoms with Crippen LogP contribution in [0.25, 0.3) is 0 Å². The van der Waals surface area contributed by atoms with Gasteiger partial charge in [0.25, 0.3) is 0 Å². The summed E-state index contributed by atoms with van der Waals surface area (Å²) in [6, 6.07) is 4.25. The minimum atomic E-state index is 0.0768. The van der Waals surface area contributed by atoms with Gasteiger partial charge in [0.05, 0.1) is 0 Å². The standard InChI is InChI=1S/C12H19N3/c1-10(13)11-5-6-12(14-9-11)15-7-3-2-4-8-15/h5-6,9-10H,2-4,7-8,13H2,1H3. The van der Waals surface area contributed by atoms with Crippen LogP contribution in [-0.2, 0) is 0 Å². The number of hydrogen-bond acceptors (Lipinski definition) is 3. The molecule has 82 valence electrons. The third kappa shape index (κ3) is 2.48. The summed E-state index contributed by atoms with van der Waals surface area (Å²) < 4.78 is 0. The van der Waals surface area contributed by atoms with Crippen LogP contribution < -0.4 is 10.6 Å². The van der Waals surface area contributed by atoms with Crippen molar-refractivity contribution in [2.75, 3.05) is 18.0 Å². The molecule has 2 rings (SSSR count). The Labute approximate surface area is 91.3 Å². The number of pyridine rings is 1. The smallest absolute Gasteiger partial charge is 0.128 e. The van der Waals surface area contributed by atoms with E-state index in [4.69, 9.17) is 5.73 Å². The van der Waals surface area contributed by atoms with E-state index in [-0.39, 0.29) is 6.04 Å². The van der Waals surface area contributed by atoms with E-state index in [0.717, 1.165) is 24.5 Å². The Morgan fingerprint density at radius 1 is 1.27 bits per heavy atom. The summed E-state index contributed by atoms with van der Waals surface area (Å²) in [4.78, 5) is 6.83. The van der Waals surface area contributed by atoms with Gasteiger partial charge >= 0.3 is 0 Å². The first-order chi connectivity index (χ1) is 7.27. The van der Waals surface area contributed by atoms with Gasteiger partial charge < -0.3 is 10.6 Å². The molecular weight excluding hydrogens is 186 g/mol. The maximum absolute atomic E-state index is 5.79. The normalized spacial score (nSPS) is 18.9. The predicted molar refractivity (Wildman–Crippen MR) is 62.9 cm³/mol. The molecule has 1 saturated heterocycles. The van der Waals surface area contributed by atoms with E-state index in [2.05, 4.69) is 22.0 Å². The van der Waals surface area contributed by atoms with Crippen molar-refractivity contribution in [3.05, 3.63) is 23.9 Å². The number of piperidine rings is 1. The number of nitrogens with two attached hydrogens (primary N) is 1. The van der Waals surface area contributed by atoms with Gasteiger partial charge in [-0.15, -0.1) is 0 Å². The fourth-order valence-electron chi connectivity index (χ4n) is 1.98. The molecule has 1 aliphatic heterocycles. The molecule has 15 heavy (non-hydrogen) atoms. The first-order valence-electron chi connectivity index (χ1n) is 5.74. The van der Waals surface area contributed by atoms with Gasteiger partial charge in [-0.3, -0.25) is 0 Å². The zero-order valence-electron chi connectivity index (χ0n) is 9.32. The van der Waals surface area contributed by atoms with Crippen molar-refractivity contribution in [1.82, 2.24) is 4.98 Å². The molecular formula is C12H19N3. The molecule has 0 aliphatic carbocycles. The molecule has 0 saturated carbocycles. The number of aromatic nitrogens is 1. The zero-order chi connectivity index (χ0) is 10.7. The first-order valence-corrected chi connectivity index (χ1v) is 5.74. The molecule has 1 aromatic rings. The van der Waals surface area contributed by atoms with Gasteiger partial charge in [0.1, 0.15) is 5.82 Å². The van der Waals surface area contributed by atoms with Crippen molar-refractivity contribution in [3.8, 4) is 0 Å². The minimum absolute atomic E-state index is 0.0768. The summed E-state index contributed by atoms with van der Waals surface area (Å²) in [6.07, 6.45) is 5.83. The average Bonchev–Trinajstić information content (AvgIpc) is 2.30. The Morgan fingerprint density at radius 2 is 2.00 bits per heavy atom. The maximum Gasteiger partial charge on any atom is 0.128 e. The van der Waals surface area contributed by atoms with Crippen molar-refractivity contribution < 1.29 is 0 Å². The van der Waals surface area contributed by atoms with Crippen LogP contribution in [0.5, 0.6) is 0 Å². The van der Waals surface area contributed by atoms with Crippen LogP contribution in [0.1, 0.15) is 37.8 Å². The van der Waals surface area contributed by atoms with Crippen LogP contribution in [0.2, 0.25) is 0 Å². The van der Waals surface area contributed by atoms with Crippen molar-refractivity contribution in [3.63, 3.8) is 0 Å². The van der Waals surface area contributed by atoms with Gasteiger partial charge in [-0.1, -0.05) is 6.07 Å². The summed E-state index contributed by atoms with van der Waals surface area (Å²) in [6.45, 7) is 4.27. The van der Waals surface area contributed by atoms with E-state index in [1.165, 1.54) is 19.3 Å². The van der Waals surface area contributed by atoms with Crippen molar-refractivity contribution in [2.24, 2.45) is 5.73 Å². The van der Waals surface area contributed by atoms with Crippen LogP contribution in [0.15, 0.2) is 18.3 Å². The van der Waals surface area contributed by atoms with E-state index in [0.29, 0.717) is 0 Å². The van der Waals surface area contributed by atoms with Gasteiger partial charge in [0.15, 0.2) is 0 Å². The highest BCUT2D eigenvalue weighted by Gasteiger charge is 2.11. The molecule has 1 aromatic heterocycles. The highest BCUT2D eigenvalue weighted by molar-refractivity contribution is 5.40. The average molecular weight is 205 g/mol. The molecule has 0 bridgehead atoms. The van der Waals surface area contributed by atoms with E-state index in [1.54, 1.807) is 0 Å². The SMILES string of the molecule is CC(N)c1ccc(N2CCCCC2)nc1. The number of hydrogen-bond donors (Lipinski definition) is 1. The van der Waals surface area contributed by atoms with Crippen molar-refractivity contribution >= 4 is 5.82 Å². The van der Waals surface area contributed by atoms with E-state index >= 15 is 0 Å². The molecule has 1 atom stereocenters. The fourth-order valence-corrected chi connectivity index (χ4v) is 1.98. The van der Waals surface area contributed by atoms with Gasteiger partial charge in [-0.25, -0.2) is 4.98 Å².